The highest BCUT2D eigenvalue weighted by Gasteiger charge is 2.81. The molecule has 0 radical (unpaired) electrons. The molecule has 0 heterocycles. The van der Waals surface area contributed by atoms with Gasteiger partial charge in [-0.1, -0.05) is 80.1 Å². The van der Waals surface area contributed by atoms with E-state index in [2.05, 4.69) is 6.92 Å². The number of ether oxygens (including phenoxy) is 3. The molecule has 51 heavy (non-hydrogen) atoms. The molecule has 3 unspecified atom stereocenters. The quantitative estimate of drug-likeness (QED) is 0.150. The molecule has 4 aliphatic carbocycles. The number of benzene rings is 3. The molecule has 3 N–H and O–H groups in total. The summed E-state index contributed by atoms with van der Waals surface area (Å²) >= 11 is 0. The molecule has 0 amide bonds. The second-order valence-corrected chi connectivity index (χ2v) is 15.4. The molecule has 3 aromatic carbocycles. The van der Waals surface area contributed by atoms with Crippen LogP contribution in [0.2, 0.25) is 0 Å². The Hall–Kier alpha value is -4.31. The molecule has 3 fully saturated rings. The fourth-order valence-corrected chi connectivity index (χ4v) is 10.0. The van der Waals surface area contributed by atoms with E-state index in [1.807, 2.05) is 12.1 Å². The summed E-state index contributed by atoms with van der Waals surface area (Å²) in [7, 11) is 0. The number of rotatable bonds is 7. The molecule has 0 aromatic heterocycles. The van der Waals surface area contributed by atoms with Crippen molar-refractivity contribution in [2.45, 2.75) is 101 Å². The zero-order valence-corrected chi connectivity index (χ0v) is 29.3. The predicted molar refractivity (Wildman–Crippen MR) is 188 cm³/mol. The van der Waals surface area contributed by atoms with Crippen LogP contribution in [0.15, 0.2) is 103 Å². The highest BCUT2D eigenvalue weighted by atomic mass is 16.6. The first-order valence-corrected chi connectivity index (χ1v) is 17.9. The number of carbonyl (C=O) groups excluding carboxylic acids is 3. The Morgan fingerprint density at radius 1 is 0.725 bits per heavy atom. The summed E-state index contributed by atoms with van der Waals surface area (Å²) in [5, 5.41) is 38.8. The summed E-state index contributed by atoms with van der Waals surface area (Å²) in [5.74, 6) is -2.22. The van der Waals surface area contributed by atoms with Gasteiger partial charge in [0.05, 0.1) is 22.1 Å². The van der Waals surface area contributed by atoms with Gasteiger partial charge in [-0.3, -0.25) is 0 Å². The van der Waals surface area contributed by atoms with Crippen molar-refractivity contribution in [3.8, 4) is 0 Å². The molecule has 0 bridgehead atoms. The van der Waals surface area contributed by atoms with Crippen LogP contribution in [0.1, 0.15) is 96.8 Å². The van der Waals surface area contributed by atoms with Gasteiger partial charge in [-0.25, -0.2) is 14.4 Å². The van der Waals surface area contributed by atoms with E-state index in [1.54, 1.807) is 98.8 Å². The summed E-state index contributed by atoms with van der Waals surface area (Å²) in [5.41, 5.74) is -5.73. The number of hydrogen-bond donors (Lipinski definition) is 3. The highest BCUT2D eigenvalue weighted by molar-refractivity contribution is 5.90. The van der Waals surface area contributed by atoms with Gasteiger partial charge < -0.3 is 29.5 Å². The minimum Gasteiger partial charge on any atom is -0.458 e. The van der Waals surface area contributed by atoms with E-state index in [0.717, 1.165) is 5.57 Å². The molecule has 9 heteroatoms. The van der Waals surface area contributed by atoms with Gasteiger partial charge in [0.2, 0.25) is 0 Å². The van der Waals surface area contributed by atoms with Gasteiger partial charge >= 0.3 is 17.9 Å². The van der Waals surface area contributed by atoms with E-state index in [9.17, 15) is 29.7 Å². The van der Waals surface area contributed by atoms with Crippen LogP contribution < -0.4 is 0 Å². The van der Waals surface area contributed by atoms with Crippen LogP contribution in [0.5, 0.6) is 0 Å². The average molecular weight is 695 g/mol. The lowest BCUT2D eigenvalue weighted by molar-refractivity contribution is -0.324. The fraction of sp³-hybridized carbons (Fsp3) is 0.452. The van der Waals surface area contributed by atoms with Crippen LogP contribution in [-0.2, 0) is 14.2 Å². The number of esters is 3. The third kappa shape index (κ3) is 5.35. The lowest BCUT2D eigenvalue weighted by atomic mass is 9.42. The molecule has 0 saturated heterocycles. The Bertz CT molecular complexity index is 1830. The molecule has 4 aliphatic rings. The van der Waals surface area contributed by atoms with Crippen molar-refractivity contribution >= 4 is 17.9 Å². The van der Waals surface area contributed by atoms with Crippen LogP contribution in [-0.4, -0.2) is 68.3 Å². The maximum Gasteiger partial charge on any atom is 0.338 e. The largest absolute Gasteiger partial charge is 0.458 e. The minimum atomic E-state index is -1.95. The van der Waals surface area contributed by atoms with Crippen LogP contribution in [0.25, 0.3) is 0 Å². The summed E-state index contributed by atoms with van der Waals surface area (Å²) in [6, 6.07) is 25.9. The Labute approximate surface area is 298 Å². The molecule has 3 saturated carbocycles. The first kappa shape index (κ1) is 35.1. The fourth-order valence-electron chi connectivity index (χ4n) is 10.0. The Morgan fingerprint density at radius 3 is 1.82 bits per heavy atom. The molecule has 9 atom stereocenters. The van der Waals surface area contributed by atoms with Gasteiger partial charge in [0, 0.05) is 12.3 Å². The third-order valence-corrected chi connectivity index (χ3v) is 13.1. The van der Waals surface area contributed by atoms with E-state index in [-0.39, 0.29) is 37.8 Å². The van der Waals surface area contributed by atoms with E-state index in [4.69, 9.17) is 14.2 Å². The highest BCUT2D eigenvalue weighted by Crippen LogP contribution is 2.71. The lowest BCUT2D eigenvalue weighted by Crippen LogP contribution is -2.78. The van der Waals surface area contributed by atoms with Crippen LogP contribution in [0, 0.1) is 16.7 Å². The van der Waals surface area contributed by atoms with Gasteiger partial charge in [-0.2, -0.15) is 0 Å². The molecule has 0 aliphatic heterocycles. The van der Waals surface area contributed by atoms with Gasteiger partial charge in [0.25, 0.3) is 0 Å². The van der Waals surface area contributed by atoms with Gasteiger partial charge in [0.1, 0.15) is 35.1 Å². The molecular formula is C42H46O9. The minimum absolute atomic E-state index is 0.0115. The first-order chi connectivity index (χ1) is 24.3. The van der Waals surface area contributed by atoms with Gasteiger partial charge in [-0.15, -0.1) is 0 Å². The summed E-state index contributed by atoms with van der Waals surface area (Å²) in [6.45, 7) is 5.31. The SMILES string of the molecule is CC(OC(=O)c1ccccc1)[C@@]1(O)CC[C@]2(O)[C@]1(C)C(OC(=O)c1ccccc1)C[C@@H]1[C@@]3(C)CCC(OC(=O)c4ccccc4)CC3=CC[C@]12O. The Kier molecular flexibility index (Phi) is 8.76. The Balaban J connectivity index is 1.24. The van der Waals surface area contributed by atoms with Crippen molar-refractivity contribution in [1.82, 2.24) is 0 Å². The predicted octanol–water partition coefficient (Wildman–Crippen LogP) is 6.22. The number of hydrogen-bond acceptors (Lipinski definition) is 9. The number of aliphatic hydroxyl groups is 3. The molecule has 7 rings (SSSR count). The smallest absolute Gasteiger partial charge is 0.338 e. The summed E-state index contributed by atoms with van der Waals surface area (Å²) in [6.07, 6.45) is 1.16. The molecule has 0 spiro atoms. The number of fused-ring (bicyclic) bond motifs is 5. The molecule has 9 nitrogen and oxygen atoms in total. The van der Waals surface area contributed by atoms with Crippen molar-refractivity contribution < 1.29 is 43.9 Å². The second kappa shape index (κ2) is 12.7. The third-order valence-electron chi connectivity index (χ3n) is 13.1. The van der Waals surface area contributed by atoms with Crippen molar-refractivity contribution in [2.75, 3.05) is 0 Å². The van der Waals surface area contributed by atoms with Crippen LogP contribution in [0.3, 0.4) is 0 Å². The lowest BCUT2D eigenvalue weighted by Gasteiger charge is -2.67. The topological polar surface area (TPSA) is 140 Å². The summed E-state index contributed by atoms with van der Waals surface area (Å²) in [4.78, 5) is 39.9. The van der Waals surface area contributed by atoms with E-state index >= 15 is 0 Å². The molecule has 268 valence electrons. The van der Waals surface area contributed by atoms with Crippen molar-refractivity contribution in [3.05, 3.63) is 119 Å². The normalized spacial score (nSPS) is 36.0. The van der Waals surface area contributed by atoms with Gasteiger partial charge in [-0.05, 0) is 87.3 Å². The Morgan fingerprint density at radius 2 is 1.25 bits per heavy atom. The standard InChI is InChI=1S/C42H46O9/c1-27(49-35(43)28-13-7-4-8-14-28)40(46)23-24-42(48)39(40,3)34(51-37(45)30-17-11-6-12-18-30)26-33-38(2)21-20-32(25-31(38)19-22-41(33,42)47)50-36(44)29-15-9-5-10-16-29/h4-19,27,32-34,46-48H,20-26H2,1-3H3/t27?,32?,33-,34?,38+,39-,40+,41+,42+/m1/s1. The van der Waals surface area contributed by atoms with Crippen molar-refractivity contribution in [1.29, 1.82) is 0 Å². The summed E-state index contributed by atoms with van der Waals surface area (Å²) < 4.78 is 18.2. The van der Waals surface area contributed by atoms with Gasteiger partial charge in [0.15, 0.2) is 0 Å². The average Bonchev–Trinajstić information content (AvgIpc) is 3.38. The van der Waals surface area contributed by atoms with Crippen molar-refractivity contribution in [3.63, 3.8) is 0 Å². The first-order valence-electron chi connectivity index (χ1n) is 17.9. The second-order valence-electron chi connectivity index (χ2n) is 15.4. The number of carbonyl (C=O) groups is 3. The zero-order chi connectivity index (χ0) is 36.2. The van der Waals surface area contributed by atoms with Crippen molar-refractivity contribution in [2.24, 2.45) is 16.7 Å². The molecular weight excluding hydrogens is 648 g/mol. The van der Waals surface area contributed by atoms with Crippen LogP contribution >= 0.6 is 0 Å². The monoisotopic (exact) mass is 694 g/mol. The zero-order valence-electron chi connectivity index (χ0n) is 29.3. The maximum absolute atomic E-state index is 13.8. The van der Waals surface area contributed by atoms with E-state index in [1.165, 1.54) is 0 Å². The van der Waals surface area contributed by atoms with E-state index in [0.29, 0.717) is 36.0 Å². The van der Waals surface area contributed by atoms with E-state index < -0.39 is 57.7 Å². The maximum atomic E-state index is 13.8. The molecule has 3 aromatic rings. The van der Waals surface area contributed by atoms with Crippen LogP contribution in [0.4, 0.5) is 0 Å².